The molecule has 1 N–H and O–H groups in total. The van der Waals surface area contributed by atoms with E-state index in [1.54, 1.807) is 12.4 Å². The Balaban J connectivity index is 2.18. The number of hydrogen-bond donors (Lipinski definition) is 1. The molecule has 4 heteroatoms. The lowest BCUT2D eigenvalue weighted by Gasteiger charge is -2.16. The minimum absolute atomic E-state index is 0.503. The van der Waals surface area contributed by atoms with Gasteiger partial charge in [0.1, 0.15) is 6.61 Å². The van der Waals surface area contributed by atoms with Crippen molar-refractivity contribution in [3.05, 3.63) is 53.9 Å². The predicted molar refractivity (Wildman–Crippen MR) is 78.9 cm³/mol. The van der Waals surface area contributed by atoms with Crippen molar-refractivity contribution in [1.29, 1.82) is 0 Å². The Morgan fingerprint density at radius 1 is 1.10 bits per heavy atom. The molecule has 0 fully saturated rings. The van der Waals surface area contributed by atoms with Crippen LogP contribution in [0, 0.1) is 0 Å². The molecule has 4 nitrogen and oxygen atoms in total. The lowest BCUT2D eigenvalue weighted by atomic mass is 10.2. The van der Waals surface area contributed by atoms with E-state index < -0.39 is 0 Å². The first-order chi connectivity index (χ1) is 9.85. The van der Waals surface area contributed by atoms with E-state index in [9.17, 15) is 0 Å². The van der Waals surface area contributed by atoms with Crippen LogP contribution in [0.5, 0.6) is 11.5 Å². The number of hydrogen-bond acceptors (Lipinski definition) is 4. The average molecular weight is 272 g/mol. The maximum Gasteiger partial charge on any atom is 0.166 e. The van der Waals surface area contributed by atoms with Gasteiger partial charge in [0, 0.05) is 24.5 Å². The Morgan fingerprint density at radius 3 is 2.60 bits per heavy atom. The molecule has 0 spiro atoms. The van der Waals surface area contributed by atoms with Crippen molar-refractivity contribution in [2.24, 2.45) is 0 Å². The van der Waals surface area contributed by atoms with Gasteiger partial charge in [0.15, 0.2) is 11.5 Å². The number of para-hydroxylation sites is 1. The summed E-state index contributed by atoms with van der Waals surface area (Å²) in [5.74, 6) is 1.59. The first kappa shape index (κ1) is 14.3. The van der Waals surface area contributed by atoms with E-state index in [-0.39, 0.29) is 0 Å². The van der Waals surface area contributed by atoms with E-state index in [4.69, 9.17) is 9.47 Å². The van der Waals surface area contributed by atoms with Gasteiger partial charge in [-0.15, -0.1) is 0 Å². The molecule has 0 bridgehead atoms. The highest BCUT2D eigenvalue weighted by Crippen LogP contribution is 2.32. The zero-order valence-corrected chi connectivity index (χ0v) is 11.9. The fraction of sp³-hybridized carbons (Fsp3) is 0.312. The van der Waals surface area contributed by atoms with Crippen molar-refractivity contribution >= 4 is 0 Å². The third kappa shape index (κ3) is 3.71. The van der Waals surface area contributed by atoms with Gasteiger partial charge in [0.05, 0.1) is 6.61 Å². The van der Waals surface area contributed by atoms with Gasteiger partial charge in [-0.25, -0.2) is 0 Å². The Kier molecular flexibility index (Phi) is 5.38. The Morgan fingerprint density at radius 2 is 1.90 bits per heavy atom. The summed E-state index contributed by atoms with van der Waals surface area (Å²) in [7, 11) is 1.92. The summed E-state index contributed by atoms with van der Waals surface area (Å²) in [5, 5.41) is 3.15. The quantitative estimate of drug-likeness (QED) is 0.841. The smallest absolute Gasteiger partial charge is 0.166 e. The minimum Gasteiger partial charge on any atom is -0.490 e. The van der Waals surface area contributed by atoms with Crippen LogP contribution < -0.4 is 14.8 Å². The minimum atomic E-state index is 0.503. The van der Waals surface area contributed by atoms with Gasteiger partial charge in [0.25, 0.3) is 0 Å². The topological polar surface area (TPSA) is 43.4 Å². The zero-order valence-electron chi connectivity index (χ0n) is 11.9. The van der Waals surface area contributed by atoms with Gasteiger partial charge in [-0.2, -0.15) is 0 Å². The van der Waals surface area contributed by atoms with Crippen molar-refractivity contribution < 1.29 is 9.47 Å². The summed E-state index contributed by atoms with van der Waals surface area (Å²) in [6.07, 6.45) is 3.53. The number of rotatable bonds is 7. The predicted octanol–water partition coefficient (Wildman–Crippen LogP) is 2.78. The molecule has 0 atom stereocenters. The second-order valence-corrected chi connectivity index (χ2v) is 4.35. The molecule has 0 amide bonds. The number of nitrogens with one attached hydrogen (secondary N) is 1. The first-order valence-corrected chi connectivity index (χ1v) is 6.76. The molecule has 0 unspecified atom stereocenters. The van der Waals surface area contributed by atoms with Crippen molar-refractivity contribution in [2.45, 2.75) is 20.1 Å². The van der Waals surface area contributed by atoms with Gasteiger partial charge in [-0.1, -0.05) is 12.1 Å². The van der Waals surface area contributed by atoms with Crippen LogP contribution in [0.1, 0.15) is 18.1 Å². The molecular weight excluding hydrogens is 252 g/mol. The molecule has 0 saturated carbocycles. The molecule has 0 saturated heterocycles. The number of nitrogens with zero attached hydrogens (tertiary/aromatic N) is 1. The average Bonchev–Trinajstić information content (AvgIpc) is 2.48. The van der Waals surface area contributed by atoms with E-state index in [1.807, 2.05) is 44.3 Å². The first-order valence-electron chi connectivity index (χ1n) is 6.76. The highest BCUT2D eigenvalue weighted by Gasteiger charge is 2.10. The summed E-state index contributed by atoms with van der Waals surface area (Å²) in [6.45, 7) is 3.84. The van der Waals surface area contributed by atoms with Crippen LogP contribution in [-0.4, -0.2) is 18.6 Å². The Bertz CT molecular complexity index is 505. The molecule has 0 aliphatic heterocycles. The highest BCUT2D eigenvalue weighted by atomic mass is 16.5. The van der Waals surface area contributed by atoms with Crippen LogP contribution in [0.25, 0.3) is 0 Å². The van der Waals surface area contributed by atoms with Gasteiger partial charge in [-0.3, -0.25) is 4.98 Å². The molecule has 2 rings (SSSR count). The largest absolute Gasteiger partial charge is 0.490 e. The molecule has 0 aliphatic carbocycles. The SMILES string of the molecule is CCOc1cccc(CNC)c1OCc1ccncc1. The normalized spacial score (nSPS) is 10.3. The van der Waals surface area contributed by atoms with E-state index in [1.165, 1.54) is 0 Å². The number of benzene rings is 1. The second kappa shape index (κ2) is 7.50. The Hall–Kier alpha value is -2.07. The summed E-state index contributed by atoms with van der Waals surface area (Å²) in [5.41, 5.74) is 2.18. The second-order valence-electron chi connectivity index (χ2n) is 4.35. The van der Waals surface area contributed by atoms with E-state index in [0.717, 1.165) is 29.2 Å². The van der Waals surface area contributed by atoms with Crippen LogP contribution in [0.15, 0.2) is 42.7 Å². The van der Waals surface area contributed by atoms with Gasteiger partial charge < -0.3 is 14.8 Å². The maximum absolute atomic E-state index is 5.97. The van der Waals surface area contributed by atoms with Gasteiger partial charge in [0.2, 0.25) is 0 Å². The van der Waals surface area contributed by atoms with Crippen LogP contribution >= 0.6 is 0 Å². The summed E-state index contributed by atoms with van der Waals surface area (Å²) in [6, 6.07) is 9.85. The fourth-order valence-corrected chi connectivity index (χ4v) is 1.96. The summed E-state index contributed by atoms with van der Waals surface area (Å²) >= 11 is 0. The molecular formula is C16H20N2O2. The molecule has 1 aromatic carbocycles. The molecule has 20 heavy (non-hydrogen) atoms. The number of aromatic nitrogens is 1. The van der Waals surface area contributed by atoms with Gasteiger partial charge >= 0.3 is 0 Å². The monoisotopic (exact) mass is 272 g/mol. The summed E-state index contributed by atoms with van der Waals surface area (Å²) < 4.78 is 11.6. The van der Waals surface area contributed by atoms with Crippen LogP contribution in [0.2, 0.25) is 0 Å². The molecule has 0 aliphatic rings. The lowest BCUT2D eigenvalue weighted by Crippen LogP contribution is -2.09. The van der Waals surface area contributed by atoms with Crippen molar-refractivity contribution in [1.82, 2.24) is 10.3 Å². The molecule has 1 aromatic heterocycles. The van der Waals surface area contributed by atoms with Crippen molar-refractivity contribution in [2.75, 3.05) is 13.7 Å². The lowest BCUT2D eigenvalue weighted by molar-refractivity contribution is 0.266. The number of pyridine rings is 1. The zero-order chi connectivity index (χ0) is 14.2. The molecule has 106 valence electrons. The Labute approximate surface area is 119 Å². The third-order valence-electron chi connectivity index (χ3n) is 2.86. The molecule has 1 heterocycles. The fourth-order valence-electron chi connectivity index (χ4n) is 1.96. The van der Waals surface area contributed by atoms with E-state index >= 15 is 0 Å². The highest BCUT2D eigenvalue weighted by molar-refractivity contribution is 5.46. The van der Waals surface area contributed by atoms with Crippen LogP contribution in [-0.2, 0) is 13.2 Å². The molecule has 2 aromatic rings. The third-order valence-corrected chi connectivity index (χ3v) is 2.86. The number of ether oxygens (including phenoxy) is 2. The van der Waals surface area contributed by atoms with Crippen molar-refractivity contribution in [3.8, 4) is 11.5 Å². The van der Waals surface area contributed by atoms with E-state index in [0.29, 0.717) is 13.2 Å². The standard InChI is InChI=1S/C16H20N2O2/c1-3-19-15-6-4-5-14(11-17-2)16(15)20-12-13-7-9-18-10-8-13/h4-10,17H,3,11-12H2,1-2H3. The maximum atomic E-state index is 5.97. The van der Waals surface area contributed by atoms with Crippen LogP contribution in [0.4, 0.5) is 0 Å². The molecule has 0 radical (unpaired) electrons. The van der Waals surface area contributed by atoms with Crippen molar-refractivity contribution in [3.63, 3.8) is 0 Å². The van der Waals surface area contributed by atoms with Crippen LogP contribution in [0.3, 0.4) is 0 Å². The summed E-state index contributed by atoms with van der Waals surface area (Å²) in [4.78, 5) is 4.00. The van der Waals surface area contributed by atoms with E-state index in [2.05, 4.69) is 10.3 Å². The van der Waals surface area contributed by atoms with Gasteiger partial charge in [-0.05, 0) is 37.7 Å².